The summed E-state index contributed by atoms with van der Waals surface area (Å²) in [6.45, 7) is 3.48. The van der Waals surface area contributed by atoms with Crippen molar-refractivity contribution in [2.75, 3.05) is 36.0 Å². The van der Waals surface area contributed by atoms with E-state index < -0.39 is 5.97 Å². The molecule has 3 rings (SSSR count). The fourth-order valence-electron chi connectivity index (χ4n) is 2.50. The number of nitrogens with one attached hydrogen (secondary N) is 1. The molecule has 1 saturated heterocycles. The third-order valence-electron chi connectivity index (χ3n) is 3.62. The minimum Gasteiger partial charge on any atom is -0.545 e. The monoisotopic (exact) mass is 299 g/mol. The Bertz CT molecular complexity index is 658. The first kappa shape index (κ1) is 14.2. The van der Waals surface area contributed by atoms with Gasteiger partial charge in [-0.25, -0.2) is 4.98 Å². The first-order valence-electron chi connectivity index (χ1n) is 7.18. The molecule has 6 nitrogen and oxygen atoms in total. The van der Waals surface area contributed by atoms with Crippen molar-refractivity contribution in [1.29, 1.82) is 0 Å². The number of aromatic nitrogens is 1. The first-order valence-corrected chi connectivity index (χ1v) is 7.18. The molecule has 1 fully saturated rings. The third kappa shape index (κ3) is 3.28. The molecule has 2 aromatic rings. The quantitative estimate of drug-likeness (QED) is 0.753. The Labute approximate surface area is 128 Å². The zero-order valence-electron chi connectivity index (χ0n) is 12.1. The Morgan fingerprint density at radius 1 is 1.14 bits per heavy atom. The second-order valence-electron chi connectivity index (χ2n) is 5.05. The lowest BCUT2D eigenvalue weighted by Crippen LogP contribution is -2.47. The zero-order valence-corrected chi connectivity index (χ0v) is 12.1. The van der Waals surface area contributed by atoms with E-state index in [1.807, 2.05) is 24.4 Å². The van der Waals surface area contributed by atoms with Crippen LogP contribution in [0.5, 0.6) is 0 Å². The summed E-state index contributed by atoms with van der Waals surface area (Å²) in [5.74, 6) is 1.15. The summed E-state index contributed by atoms with van der Waals surface area (Å²) >= 11 is 0. The summed E-state index contributed by atoms with van der Waals surface area (Å²) in [5.41, 5.74) is 0. The van der Waals surface area contributed by atoms with Gasteiger partial charge in [0.25, 0.3) is 5.82 Å². The summed E-state index contributed by atoms with van der Waals surface area (Å²) in [6.07, 6.45) is 4.28. The Hall–Kier alpha value is -2.76. The lowest BCUT2D eigenvalue weighted by atomic mass is 10.3. The van der Waals surface area contributed by atoms with E-state index in [4.69, 9.17) is 4.42 Å². The molecule has 2 aromatic heterocycles. The van der Waals surface area contributed by atoms with Crippen molar-refractivity contribution >= 4 is 23.7 Å². The molecular weight excluding hydrogens is 282 g/mol. The average Bonchev–Trinajstić information content (AvgIpc) is 3.03. The molecule has 114 valence electrons. The largest absolute Gasteiger partial charge is 0.545 e. The molecule has 0 radical (unpaired) electrons. The molecule has 0 unspecified atom stereocenters. The van der Waals surface area contributed by atoms with Crippen molar-refractivity contribution in [3.8, 4) is 0 Å². The predicted molar refractivity (Wildman–Crippen MR) is 80.2 cm³/mol. The van der Waals surface area contributed by atoms with E-state index in [0.717, 1.165) is 44.0 Å². The molecule has 1 aliphatic rings. The van der Waals surface area contributed by atoms with Crippen LogP contribution in [0.15, 0.2) is 47.0 Å². The molecule has 22 heavy (non-hydrogen) atoms. The summed E-state index contributed by atoms with van der Waals surface area (Å²) < 4.78 is 5.64. The van der Waals surface area contributed by atoms with Gasteiger partial charge in [0.05, 0.1) is 25.3 Å². The van der Waals surface area contributed by atoms with E-state index in [0.29, 0.717) is 5.76 Å². The van der Waals surface area contributed by atoms with Crippen LogP contribution in [0.25, 0.3) is 6.08 Å². The number of aliphatic carboxylic acids is 1. The number of nitrogens with zero attached hydrogens (tertiary/aromatic N) is 2. The Morgan fingerprint density at radius 3 is 2.59 bits per heavy atom. The molecule has 0 amide bonds. The predicted octanol–water partition coefficient (Wildman–Crippen LogP) is 0.183. The van der Waals surface area contributed by atoms with Crippen LogP contribution in [-0.2, 0) is 4.79 Å². The van der Waals surface area contributed by atoms with E-state index in [1.165, 1.54) is 6.08 Å². The molecule has 3 heterocycles. The van der Waals surface area contributed by atoms with E-state index in [2.05, 4.69) is 20.9 Å². The smallest absolute Gasteiger partial charge is 0.274 e. The van der Waals surface area contributed by atoms with E-state index in [-0.39, 0.29) is 0 Å². The minimum absolute atomic E-state index is 0.512. The average molecular weight is 299 g/mol. The maximum atomic E-state index is 10.4. The van der Waals surface area contributed by atoms with Gasteiger partial charge in [-0.05, 0) is 24.3 Å². The molecule has 0 saturated carbocycles. The third-order valence-corrected chi connectivity index (χ3v) is 3.62. The number of hydrogen-bond donors (Lipinski definition) is 0. The van der Waals surface area contributed by atoms with Crippen LogP contribution in [0, 0.1) is 0 Å². The van der Waals surface area contributed by atoms with Crippen molar-refractivity contribution in [3.63, 3.8) is 0 Å². The normalized spacial score (nSPS) is 15.5. The number of rotatable bonds is 4. The van der Waals surface area contributed by atoms with Gasteiger partial charge in [-0.15, -0.1) is 0 Å². The van der Waals surface area contributed by atoms with E-state index >= 15 is 0 Å². The van der Waals surface area contributed by atoms with Gasteiger partial charge in [0.1, 0.15) is 18.8 Å². The summed E-state index contributed by atoms with van der Waals surface area (Å²) in [5, 5.41) is 10.4. The highest BCUT2D eigenvalue weighted by atomic mass is 16.4. The molecule has 6 heteroatoms. The van der Waals surface area contributed by atoms with Crippen LogP contribution in [0.4, 0.5) is 11.7 Å². The van der Waals surface area contributed by atoms with Crippen LogP contribution >= 0.6 is 0 Å². The first-order chi connectivity index (χ1) is 10.7. The lowest BCUT2D eigenvalue weighted by Gasteiger charge is -2.30. The van der Waals surface area contributed by atoms with Crippen LogP contribution in [-0.4, -0.2) is 32.1 Å². The van der Waals surface area contributed by atoms with Crippen LogP contribution in [0.1, 0.15) is 5.76 Å². The molecule has 0 bridgehead atoms. The van der Waals surface area contributed by atoms with Crippen LogP contribution in [0.2, 0.25) is 0 Å². The number of carboxylic acids is 1. The topological polar surface area (TPSA) is 73.9 Å². The van der Waals surface area contributed by atoms with Crippen LogP contribution in [0.3, 0.4) is 0 Å². The summed E-state index contributed by atoms with van der Waals surface area (Å²) in [6, 6.07) is 9.65. The van der Waals surface area contributed by atoms with Crippen molar-refractivity contribution < 1.29 is 19.3 Å². The van der Waals surface area contributed by atoms with E-state index in [9.17, 15) is 9.90 Å². The number of furan rings is 1. The molecule has 1 N–H and O–H groups in total. The number of aromatic amines is 1. The lowest BCUT2D eigenvalue weighted by molar-refractivity contribution is -0.364. The number of piperazine rings is 1. The Kier molecular flexibility index (Phi) is 4.09. The second-order valence-corrected chi connectivity index (χ2v) is 5.05. The highest BCUT2D eigenvalue weighted by Crippen LogP contribution is 2.21. The van der Waals surface area contributed by atoms with Gasteiger partial charge in [-0.3, -0.25) is 4.90 Å². The van der Waals surface area contributed by atoms with Gasteiger partial charge in [0.2, 0.25) is 0 Å². The van der Waals surface area contributed by atoms with Crippen molar-refractivity contribution in [1.82, 2.24) is 0 Å². The fourth-order valence-corrected chi connectivity index (χ4v) is 2.50. The number of carbonyl (C=O) groups is 1. The SMILES string of the molecule is O=C([O-])/C=C/c1ccc(N2CCN(c3cccc[nH+]3)CC2)o1. The fraction of sp³-hybridized carbons (Fsp3) is 0.250. The molecular formula is C16H17N3O3. The van der Waals surface area contributed by atoms with Crippen molar-refractivity contribution in [2.45, 2.75) is 0 Å². The van der Waals surface area contributed by atoms with Gasteiger partial charge in [-0.2, -0.15) is 0 Å². The molecule has 0 atom stereocenters. The highest BCUT2D eigenvalue weighted by Gasteiger charge is 2.24. The number of carboxylic acid groups (broad SMARTS) is 1. The molecule has 0 aliphatic carbocycles. The van der Waals surface area contributed by atoms with Crippen LogP contribution < -0.4 is 19.9 Å². The molecule has 0 spiro atoms. The highest BCUT2D eigenvalue weighted by molar-refractivity contribution is 5.83. The number of anilines is 2. The number of pyridine rings is 1. The van der Waals surface area contributed by atoms with Gasteiger partial charge >= 0.3 is 0 Å². The van der Waals surface area contributed by atoms with Gasteiger partial charge in [-0.1, -0.05) is 6.07 Å². The number of hydrogen-bond acceptors (Lipinski definition) is 5. The summed E-state index contributed by atoms with van der Waals surface area (Å²) in [4.78, 5) is 18.1. The maximum Gasteiger partial charge on any atom is 0.274 e. The minimum atomic E-state index is -1.23. The van der Waals surface area contributed by atoms with E-state index in [1.54, 1.807) is 6.07 Å². The van der Waals surface area contributed by atoms with Crippen molar-refractivity contribution in [2.24, 2.45) is 0 Å². The Morgan fingerprint density at radius 2 is 1.91 bits per heavy atom. The Balaban J connectivity index is 1.61. The number of carbonyl (C=O) groups excluding carboxylic acids is 1. The zero-order chi connectivity index (χ0) is 15.4. The van der Waals surface area contributed by atoms with Crippen molar-refractivity contribution in [3.05, 3.63) is 48.4 Å². The van der Waals surface area contributed by atoms with Gasteiger partial charge in [0, 0.05) is 12.1 Å². The van der Waals surface area contributed by atoms with Gasteiger partial charge < -0.3 is 19.2 Å². The second kappa shape index (κ2) is 6.34. The molecule has 0 aromatic carbocycles. The summed E-state index contributed by atoms with van der Waals surface area (Å²) in [7, 11) is 0. The number of H-pyrrole nitrogens is 1. The standard InChI is InChI=1S/C16H17N3O3/c20-16(21)7-5-13-4-6-15(22-13)19-11-9-18(10-12-19)14-3-1-2-8-17-14/h1-8H,9-12H2,(H,20,21)/b7-5+. The molecule has 1 aliphatic heterocycles. The van der Waals surface area contributed by atoms with Gasteiger partial charge in [0.15, 0.2) is 5.88 Å². The maximum absolute atomic E-state index is 10.4.